The van der Waals surface area contributed by atoms with Gasteiger partial charge in [0.25, 0.3) is 10.0 Å². The second kappa shape index (κ2) is 6.40. The molecule has 2 heterocycles. The first-order chi connectivity index (χ1) is 12.1. The zero-order valence-corrected chi connectivity index (χ0v) is 16.3. The van der Waals surface area contributed by atoms with E-state index in [9.17, 15) is 13.2 Å². The Kier molecular flexibility index (Phi) is 4.53. The van der Waals surface area contributed by atoms with Gasteiger partial charge in [-0.2, -0.15) is 0 Å². The van der Waals surface area contributed by atoms with Crippen molar-refractivity contribution in [3.63, 3.8) is 0 Å². The summed E-state index contributed by atoms with van der Waals surface area (Å²) in [6.45, 7) is 5.94. The second-order valence-electron chi connectivity index (χ2n) is 6.66. The number of thiophene rings is 1. The number of carbonyl (C=O) groups is 1. The molecular weight excluding hydrogens is 376 g/mol. The predicted octanol–water partition coefficient (Wildman–Crippen LogP) is 3.77. The Bertz CT molecular complexity index is 1070. The van der Waals surface area contributed by atoms with Crippen molar-refractivity contribution in [3.05, 3.63) is 40.4 Å². The Morgan fingerprint density at radius 3 is 2.65 bits per heavy atom. The van der Waals surface area contributed by atoms with Crippen molar-refractivity contribution in [3.8, 4) is 0 Å². The average Bonchev–Trinajstić information content (AvgIpc) is 3.19. The van der Waals surface area contributed by atoms with E-state index in [2.05, 4.69) is 14.4 Å². The molecule has 0 bridgehead atoms. The van der Waals surface area contributed by atoms with Gasteiger partial charge in [-0.1, -0.05) is 20.8 Å². The molecule has 7 nitrogen and oxygen atoms in total. The van der Waals surface area contributed by atoms with Crippen LogP contribution >= 0.6 is 11.3 Å². The molecule has 1 aromatic carbocycles. The summed E-state index contributed by atoms with van der Waals surface area (Å²) in [4.78, 5) is 16.1. The Balaban J connectivity index is 1.95. The summed E-state index contributed by atoms with van der Waals surface area (Å²) in [6.07, 6.45) is 0. The van der Waals surface area contributed by atoms with Gasteiger partial charge in [-0.15, -0.1) is 11.3 Å². The molecule has 138 valence electrons. The lowest BCUT2D eigenvalue weighted by Gasteiger charge is -2.11. The maximum Gasteiger partial charge on any atom is 0.349 e. The van der Waals surface area contributed by atoms with Gasteiger partial charge in [-0.05, 0) is 29.6 Å². The number of rotatable bonds is 4. The van der Waals surface area contributed by atoms with E-state index in [0.29, 0.717) is 22.7 Å². The molecule has 0 atom stereocenters. The van der Waals surface area contributed by atoms with Crippen LogP contribution in [-0.2, 0) is 20.2 Å². The number of methoxy groups -OCH3 is 1. The van der Waals surface area contributed by atoms with E-state index in [4.69, 9.17) is 4.42 Å². The van der Waals surface area contributed by atoms with Crippen LogP contribution < -0.4 is 4.72 Å². The molecule has 9 heteroatoms. The molecule has 0 amide bonds. The van der Waals surface area contributed by atoms with Gasteiger partial charge in [0, 0.05) is 5.41 Å². The van der Waals surface area contributed by atoms with Crippen LogP contribution in [0.25, 0.3) is 11.1 Å². The topological polar surface area (TPSA) is 98.5 Å². The van der Waals surface area contributed by atoms with E-state index in [1.54, 1.807) is 18.2 Å². The number of oxazole rings is 1. The van der Waals surface area contributed by atoms with E-state index in [1.165, 1.54) is 18.6 Å². The Morgan fingerprint density at radius 2 is 2.00 bits per heavy atom. The molecule has 3 rings (SSSR count). The summed E-state index contributed by atoms with van der Waals surface area (Å²) in [5.74, 6) is -0.125. The number of carbonyl (C=O) groups excluding carboxylic acids is 1. The lowest BCUT2D eigenvalue weighted by molar-refractivity contribution is 0.0602. The van der Waals surface area contributed by atoms with Gasteiger partial charge in [0.1, 0.15) is 15.3 Å². The van der Waals surface area contributed by atoms with Crippen LogP contribution in [0.4, 0.5) is 5.69 Å². The number of nitrogens with zero attached hydrogens (tertiary/aromatic N) is 1. The highest BCUT2D eigenvalue weighted by Crippen LogP contribution is 2.29. The van der Waals surface area contributed by atoms with Gasteiger partial charge in [0.05, 0.1) is 12.8 Å². The molecule has 0 radical (unpaired) electrons. The molecule has 0 saturated heterocycles. The van der Waals surface area contributed by atoms with Crippen LogP contribution in [0.2, 0.25) is 0 Å². The normalized spacial score (nSPS) is 12.3. The number of ether oxygens (including phenoxy) is 1. The first kappa shape index (κ1) is 18.4. The highest BCUT2D eigenvalue weighted by Gasteiger charge is 2.25. The Morgan fingerprint density at radius 1 is 1.27 bits per heavy atom. The van der Waals surface area contributed by atoms with Crippen LogP contribution in [0.5, 0.6) is 0 Å². The van der Waals surface area contributed by atoms with E-state index >= 15 is 0 Å². The fourth-order valence-electron chi connectivity index (χ4n) is 2.27. The number of hydrogen-bond donors (Lipinski definition) is 1. The van der Waals surface area contributed by atoms with Gasteiger partial charge < -0.3 is 9.15 Å². The number of nitrogens with one attached hydrogen (secondary N) is 1. The summed E-state index contributed by atoms with van der Waals surface area (Å²) >= 11 is 1.01. The molecule has 0 aliphatic carbocycles. The maximum absolute atomic E-state index is 12.6. The summed E-state index contributed by atoms with van der Waals surface area (Å²) in [6, 6.07) is 6.20. The third kappa shape index (κ3) is 3.45. The van der Waals surface area contributed by atoms with Crippen LogP contribution in [-0.4, -0.2) is 26.5 Å². The first-order valence-corrected chi connectivity index (χ1v) is 10.1. The molecule has 0 spiro atoms. The molecule has 0 saturated carbocycles. The van der Waals surface area contributed by atoms with Gasteiger partial charge >= 0.3 is 5.97 Å². The SMILES string of the molecule is COC(=O)c1sccc1S(=O)(=O)Nc1ccc2oc(C(C)(C)C)nc2c1. The zero-order valence-electron chi connectivity index (χ0n) is 14.7. The molecule has 2 aromatic heterocycles. The predicted molar refractivity (Wildman–Crippen MR) is 99.2 cm³/mol. The van der Waals surface area contributed by atoms with Gasteiger partial charge in [-0.3, -0.25) is 4.72 Å². The Hall–Kier alpha value is -2.39. The quantitative estimate of drug-likeness (QED) is 0.676. The smallest absolute Gasteiger partial charge is 0.349 e. The fourth-order valence-corrected chi connectivity index (χ4v) is 4.66. The molecular formula is C17H18N2O5S2. The minimum Gasteiger partial charge on any atom is -0.465 e. The van der Waals surface area contributed by atoms with Crippen molar-refractivity contribution in [1.29, 1.82) is 0 Å². The third-order valence-electron chi connectivity index (χ3n) is 3.57. The van der Waals surface area contributed by atoms with E-state index in [1.807, 2.05) is 20.8 Å². The number of hydrogen-bond acceptors (Lipinski definition) is 7. The number of aromatic nitrogens is 1. The summed E-state index contributed by atoms with van der Waals surface area (Å²) < 4.78 is 38.1. The van der Waals surface area contributed by atoms with Crippen molar-refractivity contribution < 1.29 is 22.4 Å². The molecule has 0 aliphatic heterocycles. The average molecular weight is 394 g/mol. The highest BCUT2D eigenvalue weighted by molar-refractivity contribution is 7.93. The number of fused-ring (bicyclic) bond motifs is 1. The van der Waals surface area contributed by atoms with Crippen LogP contribution in [0.15, 0.2) is 39.0 Å². The lowest BCUT2D eigenvalue weighted by Crippen LogP contribution is -2.15. The van der Waals surface area contributed by atoms with E-state index < -0.39 is 16.0 Å². The number of anilines is 1. The van der Waals surface area contributed by atoms with Gasteiger partial charge in [0.2, 0.25) is 5.89 Å². The molecule has 3 aromatic rings. The molecule has 26 heavy (non-hydrogen) atoms. The minimum absolute atomic E-state index is 0.0255. The van der Waals surface area contributed by atoms with Crippen molar-refractivity contribution >= 4 is 44.1 Å². The third-order valence-corrected chi connectivity index (χ3v) is 6.02. The molecule has 0 fully saturated rings. The highest BCUT2D eigenvalue weighted by atomic mass is 32.2. The van der Waals surface area contributed by atoms with Crippen LogP contribution in [0, 0.1) is 0 Å². The second-order valence-corrected chi connectivity index (χ2v) is 9.23. The standard InChI is InChI=1S/C17H18N2O5S2/c1-17(2,3)16-18-11-9-10(5-6-12(11)24-16)19-26(21,22)13-7-8-25-14(13)15(20)23-4/h5-9,19H,1-4H3. The van der Waals surface area contributed by atoms with E-state index in [-0.39, 0.29) is 15.2 Å². The number of sulfonamides is 1. The zero-order chi connectivity index (χ0) is 19.1. The first-order valence-electron chi connectivity index (χ1n) is 7.71. The van der Waals surface area contributed by atoms with Gasteiger partial charge in [0.15, 0.2) is 5.58 Å². The molecule has 0 unspecified atom stereocenters. The summed E-state index contributed by atoms with van der Waals surface area (Å²) in [5.41, 5.74) is 1.19. The van der Waals surface area contributed by atoms with Crippen LogP contribution in [0.1, 0.15) is 36.3 Å². The minimum atomic E-state index is -3.94. The van der Waals surface area contributed by atoms with E-state index in [0.717, 1.165) is 11.3 Å². The number of benzene rings is 1. The molecule has 1 N–H and O–H groups in total. The summed E-state index contributed by atoms with van der Waals surface area (Å²) in [7, 11) is -2.74. The van der Waals surface area contributed by atoms with Crippen LogP contribution in [0.3, 0.4) is 0 Å². The number of esters is 1. The summed E-state index contributed by atoms with van der Waals surface area (Å²) in [5, 5.41) is 1.53. The Labute approximate surface area is 155 Å². The van der Waals surface area contributed by atoms with Crippen molar-refractivity contribution in [2.45, 2.75) is 31.1 Å². The molecule has 0 aliphatic rings. The van der Waals surface area contributed by atoms with Gasteiger partial charge in [-0.25, -0.2) is 18.2 Å². The largest absolute Gasteiger partial charge is 0.465 e. The fraction of sp³-hybridized carbons (Fsp3) is 0.294. The lowest BCUT2D eigenvalue weighted by atomic mass is 9.97. The van der Waals surface area contributed by atoms with Crippen molar-refractivity contribution in [1.82, 2.24) is 4.98 Å². The van der Waals surface area contributed by atoms with Crippen molar-refractivity contribution in [2.24, 2.45) is 0 Å². The van der Waals surface area contributed by atoms with Crippen molar-refractivity contribution in [2.75, 3.05) is 11.8 Å². The monoisotopic (exact) mass is 394 g/mol. The maximum atomic E-state index is 12.6.